The Morgan fingerprint density at radius 2 is 1.63 bits per heavy atom. The molecule has 7 nitrogen and oxygen atoms in total. The Morgan fingerprint density at radius 1 is 0.963 bits per heavy atom. The van der Waals surface area contributed by atoms with Crippen molar-refractivity contribution in [1.29, 1.82) is 0 Å². The Hall–Kier alpha value is -3.29. The maximum atomic E-state index is 13.9. The molecule has 2 aromatic rings. The van der Waals surface area contributed by atoms with Crippen LogP contribution in [0.15, 0.2) is 36.4 Å². The number of aliphatic carboxylic acids is 1. The Balaban J connectivity index is 2.16. The molecule has 2 rings (SSSR count). The Bertz CT molecular complexity index is 824. The van der Waals surface area contributed by atoms with Gasteiger partial charge in [-0.15, -0.1) is 0 Å². The van der Waals surface area contributed by atoms with E-state index in [1.54, 1.807) is 13.8 Å². The summed E-state index contributed by atoms with van der Waals surface area (Å²) >= 11 is 0. The second-order valence-electron chi connectivity index (χ2n) is 5.31. The molecule has 0 bridgehead atoms. The van der Waals surface area contributed by atoms with Gasteiger partial charge in [0.05, 0.1) is 13.2 Å². The van der Waals surface area contributed by atoms with Crippen LogP contribution in [0.4, 0.5) is 10.1 Å². The van der Waals surface area contributed by atoms with Gasteiger partial charge in [0.2, 0.25) is 0 Å². The minimum Gasteiger partial charge on any atom is -0.491 e. The van der Waals surface area contributed by atoms with Crippen LogP contribution < -0.4 is 19.5 Å². The van der Waals surface area contributed by atoms with Crippen LogP contribution in [0.25, 0.3) is 0 Å². The molecule has 0 aliphatic rings. The van der Waals surface area contributed by atoms with Crippen LogP contribution in [-0.4, -0.2) is 36.8 Å². The normalized spacial score (nSPS) is 10.2. The standard InChI is InChI=1S/C19H20FNO6/c1-3-25-15-8-6-13(10-14(15)20)21-19(24)12-5-7-16(27-11-18(22)23)17(9-12)26-4-2/h5-10H,3-4,11H2,1-2H3,(H,21,24)(H,22,23). The Morgan fingerprint density at radius 3 is 2.26 bits per heavy atom. The zero-order valence-electron chi connectivity index (χ0n) is 15.0. The molecular weight excluding hydrogens is 357 g/mol. The first-order valence-electron chi connectivity index (χ1n) is 8.29. The molecule has 0 atom stereocenters. The van der Waals surface area contributed by atoms with E-state index in [0.717, 1.165) is 6.07 Å². The molecule has 2 aromatic carbocycles. The minimum absolute atomic E-state index is 0.106. The average molecular weight is 377 g/mol. The van der Waals surface area contributed by atoms with E-state index in [9.17, 15) is 14.0 Å². The zero-order chi connectivity index (χ0) is 19.8. The fourth-order valence-corrected chi connectivity index (χ4v) is 2.23. The topological polar surface area (TPSA) is 94.1 Å². The number of carbonyl (C=O) groups is 2. The van der Waals surface area contributed by atoms with E-state index in [-0.39, 0.29) is 28.5 Å². The lowest BCUT2D eigenvalue weighted by Gasteiger charge is -2.13. The lowest BCUT2D eigenvalue weighted by Crippen LogP contribution is -2.14. The summed E-state index contributed by atoms with van der Waals surface area (Å²) in [7, 11) is 0. The summed E-state index contributed by atoms with van der Waals surface area (Å²) in [6.45, 7) is 3.60. The summed E-state index contributed by atoms with van der Waals surface area (Å²) in [6, 6.07) is 8.46. The predicted molar refractivity (Wildman–Crippen MR) is 96.3 cm³/mol. The Labute approximate surface area is 155 Å². The molecule has 0 aliphatic carbocycles. The highest BCUT2D eigenvalue weighted by Gasteiger charge is 2.14. The van der Waals surface area contributed by atoms with E-state index in [0.29, 0.717) is 13.2 Å². The molecule has 0 spiro atoms. The molecule has 8 heteroatoms. The molecule has 0 saturated heterocycles. The molecule has 0 heterocycles. The highest BCUT2D eigenvalue weighted by molar-refractivity contribution is 6.04. The highest BCUT2D eigenvalue weighted by Crippen LogP contribution is 2.29. The monoisotopic (exact) mass is 377 g/mol. The largest absolute Gasteiger partial charge is 0.491 e. The van der Waals surface area contributed by atoms with Crippen molar-refractivity contribution < 1.29 is 33.3 Å². The van der Waals surface area contributed by atoms with Gasteiger partial charge in [-0.2, -0.15) is 0 Å². The fourth-order valence-electron chi connectivity index (χ4n) is 2.23. The van der Waals surface area contributed by atoms with E-state index in [2.05, 4.69) is 5.32 Å². The van der Waals surface area contributed by atoms with Crippen LogP contribution in [0.2, 0.25) is 0 Å². The van der Waals surface area contributed by atoms with Crippen LogP contribution in [0.3, 0.4) is 0 Å². The van der Waals surface area contributed by atoms with Crippen LogP contribution >= 0.6 is 0 Å². The van der Waals surface area contributed by atoms with Gasteiger partial charge in [-0.25, -0.2) is 9.18 Å². The third-order valence-corrected chi connectivity index (χ3v) is 3.35. The number of nitrogens with one attached hydrogen (secondary N) is 1. The molecule has 0 aliphatic heterocycles. The molecule has 0 saturated carbocycles. The number of anilines is 1. The van der Waals surface area contributed by atoms with Crippen LogP contribution in [0, 0.1) is 5.82 Å². The van der Waals surface area contributed by atoms with Crippen molar-refractivity contribution in [3.63, 3.8) is 0 Å². The lowest BCUT2D eigenvalue weighted by atomic mass is 10.1. The number of carboxylic acids is 1. The molecule has 0 fully saturated rings. The summed E-state index contributed by atoms with van der Waals surface area (Å²) in [5.41, 5.74) is 0.514. The fraction of sp³-hybridized carbons (Fsp3) is 0.263. The molecule has 1 amide bonds. The van der Waals surface area contributed by atoms with Crippen LogP contribution in [-0.2, 0) is 4.79 Å². The van der Waals surface area contributed by atoms with Crippen LogP contribution in [0.5, 0.6) is 17.2 Å². The van der Waals surface area contributed by atoms with Gasteiger partial charge in [0, 0.05) is 17.3 Å². The number of rotatable bonds is 9. The minimum atomic E-state index is -1.13. The van der Waals surface area contributed by atoms with Gasteiger partial charge in [0.15, 0.2) is 29.7 Å². The van der Waals surface area contributed by atoms with Gasteiger partial charge in [-0.05, 0) is 44.2 Å². The quantitative estimate of drug-likeness (QED) is 0.696. The van der Waals surface area contributed by atoms with Crippen molar-refractivity contribution in [1.82, 2.24) is 0 Å². The van der Waals surface area contributed by atoms with Crippen molar-refractivity contribution in [2.45, 2.75) is 13.8 Å². The molecule has 2 N–H and O–H groups in total. The summed E-state index contributed by atoms with van der Waals surface area (Å²) in [4.78, 5) is 23.1. The average Bonchev–Trinajstić information content (AvgIpc) is 2.63. The summed E-state index contributed by atoms with van der Waals surface area (Å²) < 4.78 is 29.5. The number of benzene rings is 2. The van der Waals surface area contributed by atoms with Crippen molar-refractivity contribution in [2.24, 2.45) is 0 Å². The predicted octanol–water partition coefficient (Wildman–Crippen LogP) is 3.34. The van der Waals surface area contributed by atoms with Gasteiger partial charge in [-0.1, -0.05) is 0 Å². The maximum absolute atomic E-state index is 13.9. The van der Waals surface area contributed by atoms with Crippen molar-refractivity contribution >= 4 is 17.6 Å². The second-order valence-corrected chi connectivity index (χ2v) is 5.31. The van der Waals surface area contributed by atoms with E-state index in [1.165, 1.54) is 30.3 Å². The van der Waals surface area contributed by atoms with E-state index in [1.807, 2.05) is 0 Å². The van der Waals surface area contributed by atoms with Gasteiger partial charge in [-0.3, -0.25) is 4.79 Å². The number of amides is 1. The number of hydrogen-bond acceptors (Lipinski definition) is 5. The molecule has 0 radical (unpaired) electrons. The number of carbonyl (C=O) groups excluding carboxylic acids is 1. The van der Waals surface area contributed by atoms with Gasteiger partial charge >= 0.3 is 5.97 Å². The number of carboxylic acid groups (broad SMARTS) is 1. The van der Waals surface area contributed by atoms with Gasteiger partial charge < -0.3 is 24.6 Å². The number of ether oxygens (including phenoxy) is 3. The SMILES string of the molecule is CCOc1ccc(NC(=O)c2ccc(OCC(=O)O)c(OCC)c2)cc1F. The first kappa shape index (κ1) is 20.0. The summed E-state index contributed by atoms with van der Waals surface area (Å²) in [5, 5.41) is 11.3. The first-order chi connectivity index (χ1) is 12.9. The molecule has 0 unspecified atom stereocenters. The van der Waals surface area contributed by atoms with Crippen molar-refractivity contribution in [3.8, 4) is 17.2 Å². The molecule has 0 aromatic heterocycles. The molecule has 144 valence electrons. The summed E-state index contributed by atoms with van der Waals surface area (Å²) in [6.07, 6.45) is 0. The number of hydrogen-bond donors (Lipinski definition) is 2. The van der Waals surface area contributed by atoms with Crippen molar-refractivity contribution in [2.75, 3.05) is 25.1 Å². The first-order valence-corrected chi connectivity index (χ1v) is 8.29. The van der Waals surface area contributed by atoms with Gasteiger partial charge in [0.25, 0.3) is 5.91 Å². The van der Waals surface area contributed by atoms with Gasteiger partial charge in [0.1, 0.15) is 0 Å². The summed E-state index contributed by atoms with van der Waals surface area (Å²) in [5.74, 6) is -1.63. The van der Waals surface area contributed by atoms with E-state index in [4.69, 9.17) is 19.3 Å². The maximum Gasteiger partial charge on any atom is 0.341 e. The lowest BCUT2D eigenvalue weighted by molar-refractivity contribution is -0.139. The third-order valence-electron chi connectivity index (χ3n) is 3.35. The Kier molecular flexibility index (Phi) is 6.99. The molecule has 27 heavy (non-hydrogen) atoms. The second kappa shape index (κ2) is 9.42. The zero-order valence-corrected chi connectivity index (χ0v) is 15.0. The smallest absolute Gasteiger partial charge is 0.341 e. The van der Waals surface area contributed by atoms with Crippen molar-refractivity contribution in [3.05, 3.63) is 47.8 Å². The highest BCUT2D eigenvalue weighted by atomic mass is 19.1. The van der Waals surface area contributed by atoms with E-state index < -0.39 is 24.3 Å². The third kappa shape index (κ3) is 5.60. The van der Waals surface area contributed by atoms with E-state index >= 15 is 0 Å². The molecular formula is C19H20FNO6. The number of halogens is 1. The van der Waals surface area contributed by atoms with Crippen LogP contribution in [0.1, 0.15) is 24.2 Å².